The van der Waals surface area contributed by atoms with Crippen molar-refractivity contribution in [1.82, 2.24) is 4.98 Å². The Morgan fingerprint density at radius 3 is 2.72 bits per heavy atom. The summed E-state index contributed by atoms with van der Waals surface area (Å²) in [4.78, 5) is 18.0. The molecule has 1 heterocycles. The molecule has 0 aliphatic heterocycles. The van der Waals surface area contributed by atoms with Crippen molar-refractivity contribution < 1.29 is 4.79 Å². The van der Waals surface area contributed by atoms with Crippen molar-refractivity contribution in [2.75, 3.05) is 5.32 Å². The highest BCUT2D eigenvalue weighted by atomic mass is 16.1. The third-order valence-electron chi connectivity index (χ3n) is 5.04. The number of amides is 1. The Morgan fingerprint density at radius 2 is 1.84 bits per heavy atom. The van der Waals surface area contributed by atoms with Crippen LogP contribution in [0.25, 0.3) is 10.9 Å². The maximum absolute atomic E-state index is 13.2. The van der Waals surface area contributed by atoms with Crippen LogP contribution in [0.15, 0.2) is 42.5 Å². The van der Waals surface area contributed by atoms with E-state index in [1.165, 1.54) is 0 Å². The molecule has 0 fully saturated rings. The lowest BCUT2D eigenvalue weighted by molar-refractivity contribution is 0.102. The van der Waals surface area contributed by atoms with Gasteiger partial charge in [0.1, 0.15) is 0 Å². The SMILES string of the molecule is Cc1ccc(C)c(NC(=O)c2c3c(nc4ccccc24)CCCC3)c1. The Bertz CT molecular complexity index is 975. The van der Waals surface area contributed by atoms with Crippen molar-refractivity contribution in [2.24, 2.45) is 0 Å². The summed E-state index contributed by atoms with van der Waals surface area (Å²) in [7, 11) is 0. The minimum atomic E-state index is -0.0227. The zero-order valence-electron chi connectivity index (χ0n) is 14.7. The standard InChI is InChI=1S/C22H22N2O/c1-14-11-12-15(2)20(13-14)24-22(25)21-16-7-3-5-9-18(16)23-19-10-6-4-8-17(19)21/h3,5,7,9,11-13H,4,6,8,10H2,1-2H3,(H,24,25). The molecule has 4 rings (SSSR count). The molecule has 3 aromatic rings. The van der Waals surface area contributed by atoms with Crippen molar-refractivity contribution >= 4 is 22.5 Å². The largest absolute Gasteiger partial charge is 0.322 e. The lowest BCUT2D eigenvalue weighted by Crippen LogP contribution is -2.19. The van der Waals surface area contributed by atoms with E-state index in [0.717, 1.165) is 70.2 Å². The minimum Gasteiger partial charge on any atom is -0.322 e. The van der Waals surface area contributed by atoms with E-state index in [4.69, 9.17) is 4.98 Å². The minimum absolute atomic E-state index is 0.0227. The second-order valence-corrected chi connectivity index (χ2v) is 6.91. The van der Waals surface area contributed by atoms with Crippen LogP contribution in [0.1, 0.15) is 45.6 Å². The summed E-state index contributed by atoms with van der Waals surface area (Å²) in [5, 5.41) is 4.09. The van der Waals surface area contributed by atoms with Crippen molar-refractivity contribution in [3.63, 3.8) is 0 Å². The van der Waals surface area contributed by atoms with E-state index in [2.05, 4.69) is 11.4 Å². The van der Waals surface area contributed by atoms with Gasteiger partial charge < -0.3 is 5.32 Å². The Hall–Kier alpha value is -2.68. The molecule has 3 heteroatoms. The van der Waals surface area contributed by atoms with Gasteiger partial charge in [0, 0.05) is 16.8 Å². The predicted octanol–water partition coefficient (Wildman–Crippen LogP) is 4.98. The van der Waals surface area contributed by atoms with E-state index in [1.807, 2.05) is 50.2 Å². The molecule has 1 aliphatic rings. The molecule has 0 saturated heterocycles. The average molecular weight is 330 g/mol. The molecular weight excluding hydrogens is 308 g/mol. The number of benzene rings is 2. The second-order valence-electron chi connectivity index (χ2n) is 6.91. The van der Waals surface area contributed by atoms with Crippen LogP contribution in [0.5, 0.6) is 0 Å². The fraction of sp³-hybridized carbons (Fsp3) is 0.273. The Kier molecular flexibility index (Phi) is 4.00. The molecule has 3 nitrogen and oxygen atoms in total. The summed E-state index contributed by atoms with van der Waals surface area (Å²) in [5.74, 6) is -0.0227. The average Bonchev–Trinajstić information content (AvgIpc) is 2.62. The number of fused-ring (bicyclic) bond motifs is 2. The van der Waals surface area contributed by atoms with Crippen LogP contribution in [0.2, 0.25) is 0 Å². The highest BCUT2D eigenvalue weighted by molar-refractivity contribution is 6.13. The predicted molar refractivity (Wildman–Crippen MR) is 102 cm³/mol. The molecule has 0 atom stereocenters. The van der Waals surface area contributed by atoms with Crippen LogP contribution in [-0.4, -0.2) is 10.9 Å². The molecule has 0 unspecified atom stereocenters. The summed E-state index contributed by atoms with van der Waals surface area (Å²) in [6.07, 6.45) is 4.17. The van der Waals surface area contributed by atoms with Crippen molar-refractivity contribution in [3.8, 4) is 0 Å². The molecule has 0 saturated carbocycles. The Balaban J connectivity index is 1.84. The number of hydrogen-bond donors (Lipinski definition) is 1. The third kappa shape index (κ3) is 2.91. The van der Waals surface area contributed by atoms with Crippen LogP contribution in [0.3, 0.4) is 0 Å². The van der Waals surface area contributed by atoms with Crippen LogP contribution >= 0.6 is 0 Å². The molecule has 1 aromatic heterocycles. The normalized spacial score (nSPS) is 13.5. The summed E-state index contributed by atoms with van der Waals surface area (Å²) < 4.78 is 0. The summed E-state index contributed by atoms with van der Waals surface area (Å²) >= 11 is 0. The molecule has 1 aliphatic carbocycles. The topological polar surface area (TPSA) is 42.0 Å². The van der Waals surface area contributed by atoms with Crippen LogP contribution in [0, 0.1) is 13.8 Å². The molecule has 1 amide bonds. The van der Waals surface area contributed by atoms with E-state index >= 15 is 0 Å². The molecule has 25 heavy (non-hydrogen) atoms. The van der Waals surface area contributed by atoms with E-state index in [9.17, 15) is 4.79 Å². The smallest absolute Gasteiger partial charge is 0.256 e. The van der Waals surface area contributed by atoms with E-state index in [1.54, 1.807) is 0 Å². The van der Waals surface area contributed by atoms with Crippen molar-refractivity contribution in [2.45, 2.75) is 39.5 Å². The van der Waals surface area contributed by atoms with Gasteiger partial charge in [-0.05, 0) is 68.4 Å². The van der Waals surface area contributed by atoms with Gasteiger partial charge in [-0.15, -0.1) is 0 Å². The first kappa shape index (κ1) is 15.8. The highest BCUT2D eigenvalue weighted by Gasteiger charge is 2.22. The number of carbonyl (C=O) groups is 1. The fourth-order valence-electron chi connectivity index (χ4n) is 3.69. The van der Waals surface area contributed by atoms with E-state index < -0.39 is 0 Å². The number of rotatable bonds is 2. The molecular formula is C22H22N2O. The number of aryl methyl sites for hydroxylation is 3. The summed E-state index contributed by atoms with van der Waals surface area (Å²) in [6, 6.07) is 14.1. The van der Waals surface area contributed by atoms with Gasteiger partial charge in [0.25, 0.3) is 5.91 Å². The highest BCUT2D eigenvalue weighted by Crippen LogP contribution is 2.30. The van der Waals surface area contributed by atoms with Gasteiger partial charge in [0.2, 0.25) is 0 Å². The zero-order chi connectivity index (χ0) is 17.4. The monoisotopic (exact) mass is 330 g/mol. The van der Waals surface area contributed by atoms with Crippen LogP contribution in [0.4, 0.5) is 5.69 Å². The number of hydrogen-bond acceptors (Lipinski definition) is 2. The quantitative estimate of drug-likeness (QED) is 0.720. The summed E-state index contributed by atoms with van der Waals surface area (Å²) in [5.41, 5.74) is 7.04. The van der Waals surface area contributed by atoms with Gasteiger partial charge in [-0.25, -0.2) is 0 Å². The first-order valence-corrected chi connectivity index (χ1v) is 8.92. The molecule has 126 valence electrons. The second kappa shape index (κ2) is 6.32. The zero-order valence-corrected chi connectivity index (χ0v) is 14.7. The Morgan fingerprint density at radius 1 is 1.04 bits per heavy atom. The number of nitrogens with one attached hydrogen (secondary N) is 1. The number of para-hydroxylation sites is 1. The van der Waals surface area contributed by atoms with E-state index in [0.29, 0.717) is 0 Å². The molecule has 2 aromatic carbocycles. The number of anilines is 1. The molecule has 1 N–H and O–H groups in total. The number of pyridine rings is 1. The van der Waals surface area contributed by atoms with Crippen LogP contribution in [-0.2, 0) is 12.8 Å². The maximum atomic E-state index is 13.2. The number of nitrogens with zero attached hydrogens (tertiary/aromatic N) is 1. The van der Waals surface area contributed by atoms with Gasteiger partial charge in [0.15, 0.2) is 0 Å². The van der Waals surface area contributed by atoms with Gasteiger partial charge >= 0.3 is 0 Å². The lowest BCUT2D eigenvalue weighted by Gasteiger charge is -2.20. The summed E-state index contributed by atoms with van der Waals surface area (Å²) in [6.45, 7) is 4.06. The molecule has 0 spiro atoms. The maximum Gasteiger partial charge on any atom is 0.256 e. The van der Waals surface area contributed by atoms with Gasteiger partial charge in [0.05, 0.1) is 11.1 Å². The van der Waals surface area contributed by atoms with Crippen molar-refractivity contribution in [1.29, 1.82) is 0 Å². The molecule has 0 bridgehead atoms. The lowest BCUT2D eigenvalue weighted by atomic mass is 9.89. The van der Waals surface area contributed by atoms with Gasteiger partial charge in [-0.3, -0.25) is 9.78 Å². The van der Waals surface area contributed by atoms with Crippen LogP contribution < -0.4 is 5.32 Å². The molecule has 0 radical (unpaired) electrons. The number of carbonyl (C=O) groups excluding carboxylic acids is 1. The van der Waals surface area contributed by atoms with Gasteiger partial charge in [-0.2, -0.15) is 0 Å². The fourth-order valence-corrected chi connectivity index (χ4v) is 3.69. The Labute approximate surface area is 148 Å². The third-order valence-corrected chi connectivity index (χ3v) is 5.04. The number of aromatic nitrogens is 1. The first-order chi connectivity index (χ1) is 12.1. The first-order valence-electron chi connectivity index (χ1n) is 8.92. The van der Waals surface area contributed by atoms with Crippen molar-refractivity contribution in [3.05, 3.63) is 70.4 Å². The van der Waals surface area contributed by atoms with Gasteiger partial charge in [-0.1, -0.05) is 30.3 Å². The van der Waals surface area contributed by atoms with E-state index in [-0.39, 0.29) is 5.91 Å².